The first-order valence-electron chi connectivity index (χ1n) is 29.4. The van der Waals surface area contributed by atoms with Crippen molar-refractivity contribution < 1.29 is 54.7 Å². The number of hydrogen-bond acceptors (Lipinski definition) is 5. The Balaban J connectivity index is 0.00000900. The summed E-state index contributed by atoms with van der Waals surface area (Å²) >= 11 is 0. The van der Waals surface area contributed by atoms with Crippen LogP contribution in [0.15, 0.2) is 138 Å². The molecule has 4 aromatic heterocycles. The Labute approximate surface area is 402 Å². The number of fused-ring (bicyclic) bond motifs is 3. The van der Waals surface area contributed by atoms with Crippen LogP contribution in [-0.2, 0) is 58.3 Å². The molecule has 0 radical (unpaired) electrons. The smallest absolute Gasteiger partial charge is 0.500 e. The first kappa shape index (κ1) is 22.4. The molecule has 0 unspecified atom stereocenters. The average Bonchev–Trinajstić information content (AvgIpc) is 2.44. The summed E-state index contributed by atoms with van der Waals surface area (Å²) in [4.78, 5) is 12.9. The van der Waals surface area contributed by atoms with Gasteiger partial charge in [-0.3, -0.25) is 0 Å². The topological polar surface area (TPSA) is 75.6 Å². The van der Waals surface area contributed by atoms with Crippen molar-refractivity contribution >= 4 is 21.9 Å². The van der Waals surface area contributed by atoms with Gasteiger partial charge in [0.25, 0.3) is 0 Å². The van der Waals surface area contributed by atoms with Crippen LogP contribution < -0.4 is 0 Å². The van der Waals surface area contributed by atoms with Gasteiger partial charge >= 0.3 is 20.1 Å². The van der Waals surface area contributed by atoms with E-state index in [0.29, 0.717) is 34.7 Å². The fourth-order valence-corrected chi connectivity index (χ4v) is 6.41. The van der Waals surface area contributed by atoms with E-state index >= 15 is 0 Å². The normalized spacial score (nSPS) is 18.5. The average molecular weight is 990 g/mol. The maximum atomic E-state index is 9.80. The fraction of sp³-hybridized carbons (Fsp3) is 0.164. The molecule has 0 aliphatic heterocycles. The van der Waals surface area contributed by atoms with Gasteiger partial charge in [0, 0.05) is 58.3 Å². The van der Waals surface area contributed by atoms with Gasteiger partial charge in [-0.05, 0) is 115 Å². The molecule has 6 heteroatoms. The molecule has 0 aliphatic rings. The molecule has 5 aromatic carbocycles. The number of benzene rings is 5. The van der Waals surface area contributed by atoms with Crippen molar-refractivity contribution in [2.75, 3.05) is 0 Å². The molecule has 0 aliphatic carbocycles. The zero-order valence-corrected chi connectivity index (χ0v) is 34.0. The Bertz CT molecular complexity index is 3840. The molecule has 61 heavy (non-hydrogen) atoms. The summed E-state index contributed by atoms with van der Waals surface area (Å²) in [5.74, 6) is 0. The van der Waals surface area contributed by atoms with Gasteiger partial charge in [0.05, 0.1) is 18.6 Å². The van der Waals surface area contributed by atoms with Crippen LogP contribution in [-0.4, -0.2) is 15.0 Å². The van der Waals surface area contributed by atoms with Crippen LogP contribution in [0, 0.1) is 50.1 Å². The van der Waals surface area contributed by atoms with Crippen molar-refractivity contribution in [3.63, 3.8) is 0 Å². The van der Waals surface area contributed by atoms with Gasteiger partial charge in [-0.15, -0.1) is 90.0 Å². The van der Waals surface area contributed by atoms with Crippen molar-refractivity contribution in [1.29, 1.82) is 5.26 Å². The number of aromatic nitrogens is 3. The van der Waals surface area contributed by atoms with Crippen molar-refractivity contribution in [2.24, 2.45) is 0 Å². The Hall–Kier alpha value is -6.51. The van der Waals surface area contributed by atoms with Crippen molar-refractivity contribution in [3.8, 4) is 39.8 Å². The standard InChI is InChI=1S/C55H43N4O.Ir/c1-36-27-52(43-11-6-4-7-12-43)58-34-46(36)22-19-41-29-40(30-42(31-41)20-23-47-35-59-53(28-37(47)2)44-13-8-5-9-14-44)18-17-39-21-26-51(57-33-39)50-16-10-15-48-49-25-24-45(32-56)38(3)54(49)60-55(48)50;/h4-11,13,15,21,24-31,33-35H,17-20,22-23H2,1-3H3;/q-3;+3/i1D3,2D3,3D3,17D2,18D2,19D2,20D2,22D2,23D2,24D;. The van der Waals surface area contributed by atoms with Crippen LogP contribution in [0.1, 0.15) is 85.8 Å². The molecule has 0 bridgehead atoms. The number of nitriles is 1. The Morgan fingerprint density at radius 1 is 0.607 bits per heavy atom. The molecule has 0 saturated heterocycles. The third-order valence-corrected chi connectivity index (χ3v) is 9.40. The number of rotatable bonds is 12. The molecule has 5 nitrogen and oxygen atoms in total. The molecule has 9 aromatic rings. The number of pyridine rings is 3. The summed E-state index contributed by atoms with van der Waals surface area (Å²) in [7, 11) is 0. The molecular weight excluding hydrogens is 925 g/mol. The third kappa shape index (κ3) is 9.01. The maximum Gasteiger partial charge on any atom is 3.00 e. The fourth-order valence-electron chi connectivity index (χ4n) is 6.41. The van der Waals surface area contributed by atoms with Crippen molar-refractivity contribution in [3.05, 3.63) is 208 Å². The second-order valence-corrected chi connectivity index (χ2v) is 13.4. The molecule has 298 valence electrons. The molecule has 0 N–H and O–H groups in total. The summed E-state index contributed by atoms with van der Waals surface area (Å²) in [6, 6.07) is 33.8. The van der Waals surface area contributed by atoms with Gasteiger partial charge in [-0.1, -0.05) is 70.6 Å². The molecule has 0 saturated carbocycles. The van der Waals surface area contributed by atoms with E-state index in [0.717, 1.165) is 36.8 Å². The number of aryl methyl sites for hydroxylation is 9. The molecule has 0 amide bonds. The van der Waals surface area contributed by atoms with Crippen LogP contribution in [0.3, 0.4) is 0 Å². The summed E-state index contributed by atoms with van der Waals surface area (Å²) < 4.78 is 203. The summed E-state index contributed by atoms with van der Waals surface area (Å²) in [5, 5.41) is 10.3. The summed E-state index contributed by atoms with van der Waals surface area (Å²) in [6.45, 7) is -9.10. The zero-order chi connectivity index (χ0) is 60.1. The SMILES string of the molecule is [2H]c1cc2c(oc3c(-c4ccc(C([2H])([2H])C([2H])([2H])c5cc(C([2H])([2H])C([2H])([2H])c6cnc(-c7[c-]cccc7)cc6C([2H])([2H])[2H])cc(C([2H])([2H])C([2H])([2H])c6cnc(-c7[c-]cccc7)cc6C([2H])([2H])[2H])c5)cn4)[c-]ccc32)c(C([2H])([2H])[2H])c1C#N.[Ir+3]. The Kier molecular flexibility index (Phi) is 6.75. The first-order valence-corrected chi connectivity index (χ1v) is 18.4. The first-order chi connectivity index (χ1) is 38.0. The zero-order valence-electron chi connectivity index (χ0n) is 53.7. The van der Waals surface area contributed by atoms with E-state index < -0.39 is 114 Å². The molecule has 0 fully saturated rings. The minimum absolute atomic E-state index is 0. The van der Waals surface area contributed by atoms with Gasteiger partial charge < -0.3 is 19.4 Å². The molecule has 4 heterocycles. The number of hydrogen-bond donors (Lipinski definition) is 0. The van der Waals surface area contributed by atoms with Crippen LogP contribution in [0.25, 0.3) is 55.7 Å². The number of furan rings is 1. The summed E-state index contributed by atoms with van der Waals surface area (Å²) in [5.41, 5.74) is -6.33. The van der Waals surface area contributed by atoms with E-state index in [2.05, 4.69) is 33.2 Å². The van der Waals surface area contributed by atoms with Crippen molar-refractivity contribution in [1.82, 2.24) is 15.0 Å². The largest absolute Gasteiger partial charge is 3.00 e. The maximum absolute atomic E-state index is 9.80. The monoisotopic (exact) mass is 990 g/mol. The number of nitrogens with zero attached hydrogens (tertiary/aromatic N) is 4. The van der Waals surface area contributed by atoms with E-state index in [9.17, 15) is 21.7 Å². The second-order valence-electron chi connectivity index (χ2n) is 13.4. The van der Waals surface area contributed by atoms with E-state index in [1.54, 1.807) is 48.5 Å². The minimum atomic E-state index is -3.54. The van der Waals surface area contributed by atoms with Crippen LogP contribution in [0.4, 0.5) is 0 Å². The van der Waals surface area contributed by atoms with E-state index in [1.807, 2.05) is 0 Å². The molecule has 9 rings (SSSR count). The van der Waals surface area contributed by atoms with Crippen LogP contribution >= 0.6 is 0 Å². The van der Waals surface area contributed by atoms with Gasteiger partial charge in [0.2, 0.25) is 0 Å². The van der Waals surface area contributed by atoms with Gasteiger partial charge in [0.1, 0.15) is 5.58 Å². The Morgan fingerprint density at radius 3 is 1.74 bits per heavy atom. The third-order valence-electron chi connectivity index (χ3n) is 9.40. The van der Waals surface area contributed by atoms with E-state index in [-0.39, 0.29) is 65.3 Å². The Morgan fingerprint density at radius 2 is 1.20 bits per heavy atom. The molecule has 0 spiro atoms. The predicted molar refractivity (Wildman–Crippen MR) is 240 cm³/mol. The van der Waals surface area contributed by atoms with Gasteiger partial charge in [0.15, 0.2) is 0 Å². The predicted octanol–water partition coefficient (Wildman–Crippen LogP) is 12.3. The van der Waals surface area contributed by atoms with Gasteiger partial charge in [-0.25, -0.2) is 0 Å². The van der Waals surface area contributed by atoms with E-state index in [1.165, 1.54) is 30.3 Å². The second kappa shape index (κ2) is 18.4. The quantitative estimate of drug-likeness (QED) is 0.114. The summed E-state index contributed by atoms with van der Waals surface area (Å²) in [6.07, 6.45) is -18.1. The van der Waals surface area contributed by atoms with Crippen LogP contribution in [0.2, 0.25) is 0 Å². The molecule has 0 atom stereocenters. The van der Waals surface area contributed by atoms with Gasteiger partial charge in [-0.2, -0.15) is 5.26 Å². The minimum Gasteiger partial charge on any atom is -0.500 e. The van der Waals surface area contributed by atoms with Crippen molar-refractivity contribution in [2.45, 2.75) is 58.8 Å². The van der Waals surface area contributed by atoms with Crippen LogP contribution in [0.5, 0.6) is 0 Å². The van der Waals surface area contributed by atoms with E-state index in [4.69, 9.17) is 18.1 Å². The molecular formula is C55H43IrN4O.